The van der Waals surface area contributed by atoms with Crippen LogP contribution in [0, 0.1) is 0 Å². The van der Waals surface area contributed by atoms with Crippen LogP contribution in [0.3, 0.4) is 0 Å². The average Bonchev–Trinajstić information content (AvgIpc) is 3.45. The van der Waals surface area contributed by atoms with Gasteiger partial charge in [-0.25, -0.2) is 9.59 Å². The minimum absolute atomic E-state index is 0.452. The van der Waals surface area contributed by atoms with Crippen LogP contribution in [0.4, 0.5) is 0 Å². The number of ether oxygens (including phenoxy) is 2. The number of hydrogen-bond acceptors (Lipinski definition) is 6. The lowest BCUT2D eigenvalue weighted by molar-refractivity contribution is -0.131. The third-order valence-corrected chi connectivity index (χ3v) is 5.93. The van der Waals surface area contributed by atoms with E-state index in [1.54, 1.807) is 12.1 Å². The minimum Gasteiger partial charge on any atom is -0.423 e. The molecule has 0 aliphatic rings. The standard InChI is InChI=1S/C28H32N4O4/c1-31(2)15-13-19-17-29-21-7-5-9-23(27(19)21)35-25(33)11-12-26(34)36-24-10-6-8-22-28(24)20(18-30-22)14-16-32(3)4/h5-12,17-18,29-30H,13-16H2,1-4H3/b12-11+. The molecule has 0 aliphatic carbocycles. The number of nitrogens with zero attached hydrogens (tertiary/aromatic N) is 2. The number of likely N-dealkylation sites (N-methyl/N-ethyl adjacent to an activating group) is 2. The number of hydrogen-bond donors (Lipinski definition) is 2. The van der Waals surface area contributed by atoms with Crippen LogP contribution in [0.25, 0.3) is 21.8 Å². The Balaban J connectivity index is 1.45. The topological polar surface area (TPSA) is 90.7 Å². The summed E-state index contributed by atoms with van der Waals surface area (Å²) < 4.78 is 11.2. The quantitative estimate of drug-likeness (QED) is 0.200. The maximum absolute atomic E-state index is 12.5. The molecule has 4 aromatic rings. The van der Waals surface area contributed by atoms with E-state index in [9.17, 15) is 9.59 Å². The molecule has 8 nitrogen and oxygen atoms in total. The summed E-state index contributed by atoms with van der Waals surface area (Å²) >= 11 is 0. The van der Waals surface area contributed by atoms with Crippen molar-refractivity contribution in [3.63, 3.8) is 0 Å². The van der Waals surface area contributed by atoms with Gasteiger partial charge in [0.05, 0.1) is 0 Å². The van der Waals surface area contributed by atoms with Gasteiger partial charge in [0.15, 0.2) is 0 Å². The van der Waals surface area contributed by atoms with E-state index in [1.807, 2.05) is 64.8 Å². The molecule has 2 heterocycles. The van der Waals surface area contributed by atoms with Crippen LogP contribution >= 0.6 is 0 Å². The number of carbonyl (C=O) groups is 2. The summed E-state index contributed by atoms with van der Waals surface area (Å²) in [4.78, 5) is 35.7. The molecule has 0 atom stereocenters. The van der Waals surface area contributed by atoms with Gasteiger partial charge in [0.25, 0.3) is 0 Å². The summed E-state index contributed by atoms with van der Waals surface area (Å²) in [6.07, 6.45) is 7.69. The molecule has 0 unspecified atom stereocenters. The van der Waals surface area contributed by atoms with Crippen LogP contribution in [0.1, 0.15) is 11.1 Å². The summed E-state index contributed by atoms with van der Waals surface area (Å²) in [6, 6.07) is 11.0. The third kappa shape index (κ3) is 6.02. The summed E-state index contributed by atoms with van der Waals surface area (Å²) in [5, 5.41) is 1.74. The van der Waals surface area contributed by atoms with E-state index in [1.165, 1.54) is 0 Å². The van der Waals surface area contributed by atoms with Gasteiger partial charge < -0.3 is 29.2 Å². The van der Waals surface area contributed by atoms with E-state index < -0.39 is 11.9 Å². The molecule has 0 amide bonds. The number of fused-ring (bicyclic) bond motifs is 2. The van der Waals surface area contributed by atoms with Crippen molar-refractivity contribution >= 4 is 33.7 Å². The van der Waals surface area contributed by atoms with Crippen LogP contribution in [0.5, 0.6) is 11.5 Å². The lowest BCUT2D eigenvalue weighted by Gasteiger charge is -2.10. The summed E-state index contributed by atoms with van der Waals surface area (Å²) in [7, 11) is 8.06. The Morgan fingerprint density at radius 3 is 1.53 bits per heavy atom. The van der Waals surface area contributed by atoms with E-state index in [0.29, 0.717) is 11.5 Å². The third-order valence-electron chi connectivity index (χ3n) is 5.93. The summed E-state index contributed by atoms with van der Waals surface area (Å²) in [5.41, 5.74) is 3.91. The van der Waals surface area contributed by atoms with Gasteiger partial charge in [-0.3, -0.25) is 0 Å². The Morgan fingerprint density at radius 2 is 1.14 bits per heavy atom. The Labute approximate surface area is 210 Å². The van der Waals surface area contributed by atoms with Gasteiger partial charge in [-0.2, -0.15) is 0 Å². The summed E-state index contributed by atoms with van der Waals surface area (Å²) in [6.45, 7) is 1.73. The van der Waals surface area contributed by atoms with Gasteiger partial charge in [-0.15, -0.1) is 0 Å². The van der Waals surface area contributed by atoms with E-state index in [4.69, 9.17) is 9.47 Å². The SMILES string of the molecule is CN(C)CCc1c[nH]c2cccc(OC(=O)/C=C/C(=O)Oc3cccc4[nH]cc(CCN(C)C)c34)c12. The molecule has 0 saturated heterocycles. The molecule has 36 heavy (non-hydrogen) atoms. The number of benzene rings is 2. The highest BCUT2D eigenvalue weighted by atomic mass is 16.5. The van der Waals surface area contributed by atoms with Gasteiger partial charge in [0.2, 0.25) is 0 Å². The number of rotatable bonds is 10. The number of aromatic amines is 2. The highest BCUT2D eigenvalue weighted by molar-refractivity contribution is 5.98. The van der Waals surface area contributed by atoms with Gasteiger partial charge in [-0.05, 0) is 76.4 Å². The largest absolute Gasteiger partial charge is 0.423 e. The number of aromatic nitrogens is 2. The van der Waals surface area contributed by atoms with Gasteiger partial charge in [0, 0.05) is 59.4 Å². The molecule has 0 saturated carbocycles. The normalized spacial score (nSPS) is 11.8. The molecule has 2 aromatic carbocycles. The second-order valence-electron chi connectivity index (χ2n) is 9.27. The highest BCUT2D eigenvalue weighted by Crippen LogP contribution is 2.30. The van der Waals surface area contributed by atoms with Crippen molar-refractivity contribution in [2.24, 2.45) is 0 Å². The molecule has 0 spiro atoms. The Kier molecular flexibility index (Phi) is 7.87. The highest BCUT2D eigenvalue weighted by Gasteiger charge is 2.14. The molecule has 0 aliphatic heterocycles. The monoisotopic (exact) mass is 488 g/mol. The second kappa shape index (κ2) is 11.2. The first-order valence-electron chi connectivity index (χ1n) is 11.9. The molecule has 0 bridgehead atoms. The lowest BCUT2D eigenvalue weighted by atomic mass is 10.1. The number of carbonyl (C=O) groups excluding carboxylic acids is 2. The van der Waals surface area contributed by atoms with Crippen LogP contribution in [0.15, 0.2) is 60.9 Å². The number of esters is 2. The predicted molar refractivity (Wildman–Crippen MR) is 142 cm³/mol. The van der Waals surface area contributed by atoms with Crippen molar-refractivity contribution in [2.45, 2.75) is 12.8 Å². The van der Waals surface area contributed by atoms with E-state index >= 15 is 0 Å². The lowest BCUT2D eigenvalue weighted by Crippen LogP contribution is -2.15. The Bertz CT molecular complexity index is 1290. The van der Waals surface area contributed by atoms with Gasteiger partial charge >= 0.3 is 11.9 Å². The maximum Gasteiger partial charge on any atom is 0.336 e. The van der Waals surface area contributed by atoms with Crippen molar-refractivity contribution in [3.05, 3.63) is 72.1 Å². The first-order chi connectivity index (χ1) is 17.3. The van der Waals surface area contributed by atoms with Crippen molar-refractivity contribution in [3.8, 4) is 11.5 Å². The molecule has 8 heteroatoms. The maximum atomic E-state index is 12.5. The smallest absolute Gasteiger partial charge is 0.336 e. The van der Waals surface area contributed by atoms with E-state index in [-0.39, 0.29) is 0 Å². The summed E-state index contributed by atoms with van der Waals surface area (Å²) in [5.74, 6) is -0.391. The van der Waals surface area contributed by atoms with Crippen molar-refractivity contribution in [2.75, 3.05) is 41.3 Å². The number of H-pyrrole nitrogens is 2. The molecular formula is C28H32N4O4. The molecule has 2 N–H and O–H groups in total. The zero-order valence-electron chi connectivity index (χ0n) is 21.1. The first kappa shape index (κ1) is 25.2. The zero-order chi connectivity index (χ0) is 25.7. The Hall–Kier alpha value is -3.88. The first-order valence-corrected chi connectivity index (χ1v) is 11.9. The van der Waals surface area contributed by atoms with Crippen molar-refractivity contribution in [1.82, 2.24) is 19.8 Å². The van der Waals surface area contributed by atoms with E-state index in [2.05, 4.69) is 19.8 Å². The fourth-order valence-corrected chi connectivity index (χ4v) is 4.11. The fourth-order valence-electron chi connectivity index (χ4n) is 4.11. The zero-order valence-corrected chi connectivity index (χ0v) is 21.1. The van der Waals surface area contributed by atoms with Crippen molar-refractivity contribution < 1.29 is 19.1 Å². The minimum atomic E-state index is -0.647. The molecule has 4 rings (SSSR count). The average molecular weight is 489 g/mol. The second-order valence-corrected chi connectivity index (χ2v) is 9.27. The number of nitrogens with one attached hydrogen (secondary N) is 2. The van der Waals surface area contributed by atoms with Crippen LogP contribution in [0.2, 0.25) is 0 Å². The molecule has 0 fully saturated rings. The van der Waals surface area contributed by atoms with E-state index in [0.717, 1.165) is 71.0 Å². The Morgan fingerprint density at radius 1 is 0.722 bits per heavy atom. The molecule has 2 aromatic heterocycles. The molecule has 0 radical (unpaired) electrons. The van der Waals surface area contributed by atoms with Crippen LogP contribution in [-0.2, 0) is 22.4 Å². The van der Waals surface area contributed by atoms with Crippen LogP contribution in [-0.4, -0.2) is 73.0 Å². The van der Waals surface area contributed by atoms with Gasteiger partial charge in [-0.1, -0.05) is 12.1 Å². The molecular weight excluding hydrogens is 456 g/mol. The van der Waals surface area contributed by atoms with Crippen molar-refractivity contribution in [1.29, 1.82) is 0 Å². The molecule has 188 valence electrons. The fraction of sp³-hybridized carbons (Fsp3) is 0.286. The van der Waals surface area contributed by atoms with Crippen LogP contribution < -0.4 is 9.47 Å². The predicted octanol–water partition coefficient (Wildman–Crippen LogP) is 3.92. The van der Waals surface area contributed by atoms with Gasteiger partial charge in [0.1, 0.15) is 11.5 Å².